The lowest BCUT2D eigenvalue weighted by Gasteiger charge is -2.50. The number of piperidine rings is 2. The minimum absolute atomic E-state index is 0.122. The number of H-pyrrole nitrogens is 2. The van der Waals surface area contributed by atoms with E-state index in [2.05, 4.69) is 98.7 Å². The number of aryl methyl sites for hydroxylation is 2. The number of benzene rings is 4. The molecule has 63 heavy (non-hydrogen) atoms. The van der Waals surface area contributed by atoms with Crippen LogP contribution in [0.1, 0.15) is 97.6 Å². The molecule has 5 N–H and O–H groups in total. The first-order chi connectivity index (χ1) is 30.7. The molecule has 0 radical (unpaired) electrons. The van der Waals surface area contributed by atoms with Gasteiger partial charge >= 0.3 is 0 Å². The fourth-order valence-electron chi connectivity index (χ4n) is 12.5. The van der Waals surface area contributed by atoms with Gasteiger partial charge in [-0.1, -0.05) is 84.3 Å². The first-order valence-electron chi connectivity index (χ1n) is 23.8. The Morgan fingerprint density at radius 3 is 1.86 bits per heavy atom. The maximum Gasteiger partial charge on any atom is 0.227 e. The molecule has 4 aromatic carbocycles. The van der Waals surface area contributed by atoms with Gasteiger partial charge in [0.25, 0.3) is 0 Å². The van der Waals surface area contributed by atoms with Gasteiger partial charge in [-0.2, -0.15) is 0 Å². The Morgan fingerprint density at radius 2 is 1.25 bits per heavy atom. The first-order valence-corrected chi connectivity index (χ1v) is 23.8. The van der Waals surface area contributed by atoms with Crippen molar-refractivity contribution in [3.05, 3.63) is 142 Å². The maximum atomic E-state index is 13.3. The van der Waals surface area contributed by atoms with E-state index in [9.17, 15) is 9.59 Å². The average molecular weight is 841 g/mol. The smallest absolute Gasteiger partial charge is 0.227 e. The van der Waals surface area contributed by atoms with E-state index in [1.165, 1.54) is 74.7 Å². The normalized spacial score (nSPS) is 26.1. The number of para-hydroxylation sites is 2. The summed E-state index contributed by atoms with van der Waals surface area (Å²) >= 11 is 0. The molecule has 6 heterocycles. The van der Waals surface area contributed by atoms with Gasteiger partial charge in [0, 0.05) is 76.7 Å². The van der Waals surface area contributed by atoms with Crippen LogP contribution in [0.15, 0.2) is 109 Å². The van der Waals surface area contributed by atoms with Gasteiger partial charge in [-0.25, -0.2) is 0 Å². The van der Waals surface area contributed by atoms with Gasteiger partial charge in [0.05, 0.1) is 12.1 Å². The minimum Gasteiger partial charge on any atom is -0.399 e. The number of aromatic amines is 2. The molecule has 2 aromatic heterocycles. The highest BCUT2D eigenvalue weighted by Gasteiger charge is 2.46. The molecule has 3 fully saturated rings. The number of carbonyl (C=O) groups is 2. The van der Waals surface area contributed by atoms with Gasteiger partial charge in [0.15, 0.2) is 5.78 Å². The van der Waals surface area contributed by atoms with Crippen molar-refractivity contribution in [2.45, 2.75) is 90.6 Å². The number of amides is 1. The summed E-state index contributed by atoms with van der Waals surface area (Å²) in [5.74, 6) is 2.86. The van der Waals surface area contributed by atoms with Crippen LogP contribution in [-0.4, -0.2) is 57.6 Å². The molecule has 12 rings (SSSR count). The summed E-state index contributed by atoms with van der Waals surface area (Å²) in [7, 11) is 0. The zero-order valence-electron chi connectivity index (χ0n) is 37.3. The fraction of sp³-hybridized carbons (Fsp3) is 0.418. The van der Waals surface area contributed by atoms with Crippen LogP contribution in [0.25, 0.3) is 21.8 Å². The van der Waals surface area contributed by atoms with Gasteiger partial charge in [-0.05, 0) is 149 Å². The fourth-order valence-corrected chi connectivity index (χ4v) is 12.5. The SMILES string of the molecule is CC(=O)C1=CCC[C@H]2CN3CCc4c([nH]c5ccccc45)[C@@H]3C[C@H]12.Cc1ccc(N)cc1.Cc1ccc(NC(=O)[C@H]2CCC[C@H]3CN4CCc5c([nH]c6ccccc56)[C@@H]4C[C@@H]32)cc1. The number of nitrogens with zero attached hydrogens (tertiary/aromatic N) is 2. The zero-order chi connectivity index (χ0) is 43.2. The number of Topliss-reactive ketones (excluding diaryl/α,β-unsaturated/α-hetero) is 1. The molecule has 7 atom stereocenters. The topological polar surface area (TPSA) is 110 Å². The zero-order valence-corrected chi connectivity index (χ0v) is 37.3. The van der Waals surface area contributed by atoms with Crippen molar-refractivity contribution in [1.82, 2.24) is 19.8 Å². The van der Waals surface area contributed by atoms with Crippen LogP contribution in [0.2, 0.25) is 0 Å². The maximum absolute atomic E-state index is 13.3. The predicted octanol–water partition coefficient (Wildman–Crippen LogP) is 11.0. The van der Waals surface area contributed by atoms with E-state index in [1.54, 1.807) is 6.92 Å². The lowest BCUT2D eigenvalue weighted by Crippen LogP contribution is -2.50. The van der Waals surface area contributed by atoms with Crippen molar-refractivity contribution in [2.75, 3.05) is 37.2 Å². The van der Waals surface area contributed by atoms with E-state index in [-0.39, 0.29) is 17.6 Å². The molecular formula is C55H64N6O2. The number of ketones is 1. The van der Waals surface area contributed by atoms with Crippen LogP contribution in [0.5, 0.6) is 0 Å². The molecule has 1 saturated carbocycles. The quantitative estimate of drug-likeness (QED) is 0.133. The van der Waals surface area contributed by atoms with Gasteiger partial charge in [-0.3, -0.25) is 19.4 Å². The molecule has 2 aliphatic carbocycles. The second-order valence-corrected chi connectivity index (χ2v) is 19.5. The summed E-state index contributed by atoms with van der Waals surface area (Å²) in [6, 6.07) is 34.2. The van der Waals surface area contributed by atoms with Crippen molar-refractivity contribution in [3.8, 4) is 0 Å². The van der Waals surface area contributed by atoms with E-state index >= 15 is 0 Å². The third kappa shape index (κ3) is 8.28. The Kier molecular flexibility index (Phi) is 11.6. The van der Waals surface area contributed by atoms with Crippen molar-refractivity contribution in [1.29, 1.82) is 0 Å². The highest BCUT2D eigenvalue weighted by molar-refractivity contribution is 5.94. The number of nitrogens with two attached hydrogens (primary N) is 1. The first kappa shape index (κ1) is 41.6. The number of fused-ring (bicyclic) bond motifs is 12. The Hall–Kier alpha value is -5.44. The van der Waals surface area contributed by atoms with Crippen molar-refractivity contribution >= 4 is 44.9 Å². The predicted molar refractivity (Wildman–Crippen MR) is 257 cm³/mol. The standard InChI is InChI=1S/C27H31N3O.C21H24N2O.C7H9N/c1-17-9-11-19(12-10-17)28-27(31)22-7-4-5-18-16-30-14-13-21-20-6-2-3-8-24(20)29-26(21)25(30)15-23(18)22;1-13(24)15-7-4-5-14-12-23-10-9-17-16-6-2-3-8-19(16)22-21(17)20(23)11-18(14)15;1-6-2-4-7(8)5-3-6/h2-3,6,8-12,18,22-23,25,29H,4-5,7,13-16H2,1H3,(H,28,31);2-3,6-8,14,18,20,22H,4-5,9-12H2,1H3;2-5H,8H2,1H3/t18-,22-,23-,25-;14-,18-,20-;/m00./s1. The van der Waals surface area contributed by atoms with Crippen LogP contribution in [0, 0.1) is 43.4 Å². The number of allylic oxidation sites excluding steroid dienone is 2. The Balaban J connectivity index is 0.000000130. The Morgan fingerprint density at radius 1 is 0.683 bits per heavy atom. The van der Waals surface area contributed by atoms with E-state index in [4.69, 9.17) is 5.73 Å². The number of rotatable bonds is 3. The van der Waals surface area contributed by atoms with Gasteiger partial charge in [0.1, 0.15) is 0 Å². The Labute approximate surface area is 372 Å². The summed E-state index contributed by atoms with van der Waals surface area (Å²) in [6.07, 6.45) is 12.4. The number of hydrogen-bond acceptors (Lipinski definition) is 5. The number of aromatic nitrogens is 2. The van der Waals surface area contributed by atoms with Crippen molar-refractivity contribution in [3.63, 3.8) is 0 Å². The van der Waals surface area contributed by atoms with Crippen LogP contribution >= 0.6 is 0 Å². The van der Waals surface area contributed by atoms with Gasteiger partial charge in [-0.15, -0.1) is 0 Å². The minimum atomic E-state index is 0.122. The molecule has 0 bridgehead atoms. The molecule has 6 aliphatic rings. The van der Waals surface area contributed by atoms with Crippen LogP contribution in [0.4, 0.5) is 11.4 Å². The lowest BCUT2D eigenvalue weighted by atomic mass is 9.65. The van der Waals surface area contributed by atoms with Gasteiger partial charge in [0.2, 0.25) is 5.91 Å². The number of carbonyl (C=O) groups excluding carboxylic acids is 2. The molecule has 8 nitrogen and oxygen atoms in total. The molecule has 4 aliphatic heterocycles. The highest BCUT2D eigenvalue weighted by atomic mass is 16.2. The lowest BCUT2D eigenvalue weighted by molar-refractivity contribution is -0.126. The van der Waals surface area contributed by atoms with Crippen molar-refractivity contribution < 1.29 is 9.59 Å². The summed E-state index contributed by atoms with van der Waals surface area (Å²) in [6.45, 7) is 10.4. The molecule has 8 heteroatoms. The van der Waals surface area contributed by atoms with E-state index in [0.29, 0.717) is 35.8 Å². The molecule has 0 unspecified atom stereocenters. The van der Waals surface area contributed by atoms with Crippen molar-refractivity contribution in [2.24, 2.45) is 29.6 Å². The molecule has 2 saturated heterocycles. The third-order valence-corrected chi connectivity index (χ3v) is 15.7. The number of hydrogen-bond donors (Lipinski definition) is 4. The highest BCUT2D eigenvalue weighted by Crippen LogP contribution is 2.50. The van der Waals surface area contributed by atoms with E-state index < -0.39 is 0 Å². The molecule has 1 amide bonds. The van der Waals surface area contributed by atoms with E-state index in [0.717, 1.165) is 81.7 Å². The van der Waals surface area contributed by atoms with Gasteiger partial charge < -0.3 is 21.0 Å². The number of anilines is 2. The second kappa shape index (κ2) is 17.6. The summed E-state index contributed by atoms with van der Waals surface area (Å²) in [5.41, 5.74) is 19.1. The number of nitrogens with one attached hydrogen (secondary N) is 3. The summed E-state index contributed by atoms with van der Waals surface area (Å²) in [5, 5.41) is 6.00. The summed E-state index contributed by atoms with van der Waals surface area (Å²) in [4.78, 5) is 38.3. The molecule has 0 spiro atoms. The van der Waals surface area contributed by atoms with Crippen LogP contribution in [0.3, 0.4) is 0 Å². The average Bonchev–Trinajstić information content (AvgIpc) is 3.89. The molecular weight excluding hydrogens is 777 g/mol. The second-order valence-electron chi connectivity index (χ2n) is 19.5. The summed E-state index contributed by atoms with van der Waals surface area (Å²) < 4.78 is 0. The number of nitrogen functional groups attached to an aromatic ring is 1. The largest absolute Gasteiger partial charge is 0.399 e. The van der Waals surface area contributed by atoms with E-state index in [1.807, 2.05) is 43.3 Å². The Bertz CT molecular complexity index is 2620. The monoisotopic (exact) mass is 841 g/mol. The van der Waals surface area contributed by atoms with Crippen LogP contribution in [-0.2, 0) is 22.4 Å². The van der Waals surface area contributed by atoms with Crippen LogP contribution < -0.4 is 11.1 Å². The molecule has 6 aromatic rings. The molecule has 326 valence electrons. The third-order valence-electron chi connectivity index (χ3n) is 15.7.